The Labute approximate surface area is 126 Å². The molecule has 1 aromatic heterocycles. The molecule has 6 heteroatoms. The van der Waals surface area contributed by atoms with Crippen molar-refractivity contribution in [3.05, 3.63) is 29.4 Å². The van der Waals surface area contributed by atoms with Gasteiger partial charge in [-0.05, 0) is 44.8 Å². The first-order chi connectivity index (χ1) is 9.79. The quantitative estimate of drug-likeness (QED) is 0.860. The maximum atomic E-state index is 6.02. The van der Waals surface area contributed by atoms with E-state index in [1.54, 1.807) is 13.3 Å². The number of rotatable bonds is 4. The number of pyridine rings is 1. The van der Waals surface area contributed by atoms with Gasteiger partial charge in [-0.1, -0.05) is 6.08 Å². The summed E-state index contributed by atoms with van der Waals surface area (Å²) in [5, 5.41) is 0. The lowest BCUT2D eigenvalue weighted by atomic mass is 9.77. The van der Waals surface area contributed by atoms with Crippen LogP contribution in [-0.4, -0.2) is 37.0 Å². The van der Waals surface area contributed by atoms with Gasteiger partial charge in [-0.15, -0.1) is 0 Å². The van der Waals surface area contributed by atoms with Crippen molar-refractivity contribution in [2.75, 3.05) is 13.7 Å². The average Bonchev–Trinajstić information content (AvgIpc) is 2.65. The van der Waals surface area contributed by atoms with Crippen LogP contribution in [-0.2, 0) is 9.31 Å². The lowest BCUT2D eigenvalue weighted by Crippen LogP contribution is -2.41. The number of nitrogens with two attached hydrogens (primary N) is 1. The molecule has 0 spiro atoms. The lowest BCUT2D eigenvalue weighted by molar-refractivity contribution is 0.00578. The van der Waals surface area contributed by atoms with Gasteiger partial charge in [0.2, 0.25) is 5.88 Å². The molecule has 1 saturated heterocycles. The number of methoxy groups -OCH3 is 1. The van der Waals surface area contributed by atoms with E-state index in [2.05, 4.69) is 4.98 Å². The van der Waals surface area contributed by atoms with E-state index in [0.717, 1.165) is 11.0 Å². The van der Waals surface area contributed by atoms with E-state index in [1.807, 2.05) is 45.9 Å². The van der Waals surface area contributed by atoms with Gasteiger partial charge in [0.15, 0.2) is 0 Å². The molecule has 0 atom stereocenters. The van der Waals surface area contributed by atoms with Crippen LogP contribution in [0.1, 0.15) is 33.3 Å². The molecule has 2 rings (SSSR count). The highest BCUT2D eigenvalue weighted by Gasteiger charge is 2.52. The SMILES string of the molecule is COc1ccc(C=C(CN)B2OC(C)(C)C(C)(C)O2)cn1. The summed E-state index contributed by atoms with van der Waals surface area (Å²) < 4.78 is 17.1. The smallest absolute Gasteiger partial charge is 0.481 e. The van der Waals surface area contributed by atoms with Crippen molar-refractivity contribution in [3.8, 4) is 5.88 Å². The molecule has 0 radical (unpaired) electrons. The van der Waals surface area contributed by atoms with Gasteiger partial charge in [0.05, 0.1) is 18.3 Å². The minimum absolute atomic E-state index is 0.364. The monoisotopic (exact) mass is 290 g/mol. The third-order valence-electron chi connectivity index (χ3n) is 4.11. The fourth-order valence-corrected chi connectivity index (χ4v) is 2.03. The normalized spacial score (nSPS) is 20.7. The minimum atomic E-state index is -0.429. The third-order valence-corrected chi connectivity index (χ3v) is 4.11. The van der Waals surface area contributed by atoms with Gasteiger partial charge in [0.25, 0.3) is 0 Å². The Balaban J connectivity index is 2.22. The second-order valence-corrected chi connectivity index (χ2v) is 6.15. The molecule has 0 amide bonds. The van der Waals surface area contributed by atoms with Crippen molar-refractivity contribution >= 4 is 13.2 Å². The van der Waals surface area contributed by atoms with E-state index in [-0.39, 0.29) is 11.2 Å². The molecule has 5 nitrogen and oxygen atoms in total. The minimum Gasteiger partial charge on any atom is -0.481 e. The van der Waals surface area contributed by atoms with Crippen LogP contribution in [0.3, 0.4) is 0 Å². The number of hydrogen-bond acceptors (Lipinski definition) is 5. The first-order valence-corrected chi connectivity index (χ1v) is 7.05. The maximum absolute atomic E-state index is 6.02. The van der Waals surface area contributed by atoms with Crippen LogP contribution in [0.2, 0.25) is 0 Å². The summed E-state index contributed by atoms with van der Waals surface area (Å²) >= 11 is 0. The Hall–Kier alpha value is -1.37. The van der Waals surface area contributed by atoms with E-state index in [0.29, 0.717) is 12.4 Å². The highest BCUT2D eigenvalue weighted by atomic mass is 16.7. The van der Waals surface area contributed by atoms with Gasteiger partial charge in [-0.25, -0.2) is 4.98 Å². The van der Waals surface area contributed by atoms with Crippen molar-refractivity contribution in [1.82, 2.24) is 4.98 Å². The zero-order chi connectivity index (χ0) is 15.7. The number of hydrogen-bond donors (Lipinski definition) is 1. The summed E-state index contributed by atoms with van der Waals surface area (Å²) in [6, 6.07) is 3.73. The second kappa shape index (κ2) is 5.79. The Bertz CT molecular complexity index is 510. The Morgan fingerprint density at radius 2 is 1.90 bits per heavy atom. The van der Waals surface area contributed by atoms with Crippen molar-refractivity contribution in [2.24, 2.45) is 5.73 Å². The number of ether oxygens (including phenoxy) is 1. The van der Waals surface area contributed by atoms with Gasteiger partial charge in [-0.2, -0.15) is 0 Å². The zero-order valence-corrected chi connectivity index (χ0v) is 13.3. The largest absolute Gasteiger partial charge is 0.491 e. The van der Waals surface area contributed by atoms with E-state index in [9.17, 15) is 0 Å². The Morgan fingerprint density at radius 1 is 1.29 bits per heavy atom. The highest BCUT2D eigenvalue weighted by Crippen LogP contribution is 2.38. The molecule has 114 valence electrons. The summed E-state index contributed by atoms with van der Waals surface area (Å²) in [6.45, 7) is 8.46. The highest BCUT2D eigenvalue weighted by molar-refractivity contribution is 6.55. The van der Waals surface area contributed by atoms with E-state index >= 15 is 0 Å². The van der Waals surface area contributed by atoms with Crippen molar-refractivity contribution in [3.63, 3.8) is 0 Å². The molecule has 1 aromatic rings. The van der Waals surface area contributed by atoms with E-state index < -0.39 is 7.12 Å². The molecule has 0 saturated carbocycles. The predicted octanol–water partition coefficient (Wildman–Crippen LogP) is 2.06. The third kappa shape index (κ3) is 3.28. The van der Waals surface area contributed by atoms with Crippen molar-refractivity contribution < 1.29 is 14.0 Å². The van der Waals surface area contributed by atoms with Crippen molar-refractivity contribution in [1.29, 1.82) is 0 Å². The molecule has 2 N–H and O–H groups in total. The molecule has 0 aromatic carbocycles. The van der Waals surface area contributed by atoms with E-state index in [4.69, 9.17) is 19.8 Å². The van der Waals surface area contributed by atoms with Gasteiger partial charge in [-0.3, -0.25) is 0 Å². The standard InChI is InChI=1S/C15H23BN2O3/c1-14(2)15(3,4)21-16(20-14)12(9-17)8-11-6-7-13(19-5)18-10-11/h6-8,10H,9,17H2,1-5H3. The molecule has 0 aliphatic carbocycles. The molecule has 1 aliphatic rings. The zero-order valence-electron chi connectivity index (χ0n) is 13.3. The van der Waals surface area contributed by atoms with Crippen LogP contribution in [0.4, 0.5) is 0 Å². The lowest BCUT2D eigenvalue weighted by Gasteiger charge is -2.32. The fourth-order valence-electron chi connectivity index (χ4n) is 2.03. The predicted molar refractivity (Wildman–Crippen MR) is 83.9 cm³/mol. The average molecular weight is 290 g/mol. The van der Waals surface area contributed by atoms with Gasteiger partial charge < -0.3 is 19.8 Å². The second-order valence-electron chi connectivity index (χ2n) is 6.15. The summed E-state index contributed by atoms with van der Waals surface area (Å²) in [4.78, 5) is 4.18. The molecule has 21 heavy (non-hydrogen) atoms. The van der Waals surface area contributed by atoms with Gasteiger partial charge in [0, 0.05) is 18.8 Å². The molecule has 1 fully saturated rings. The van der Waals surface area contributed by atoms with Crippen LogP contribution >= 0.6 is 0 Å². The molecule has 0 bridgehead atoms. The Morgan fingerprint density at radius 3 is 2.33 bits per heavy atom. The fraction of sp³-hybridized carbons (Fsp3) is 0.533. The van der Waals surface area contributed by atoms with Gasteiger partial charge >= 0.3 is 7.12 Å². The summed E-state index contributed by atoms with van der Waals surface area (Å²) in [6.07, 6.45) is 3.69. The molecule has 0 unspecified atom stereocenters. The molecule has 2 heterocycles. The molecular formula is C15H23BN2O3. The molecular weight excluding hydrogens is 267 g/mol. The van der Waals surface area contributed by atoms with Crippen LogP contribution < -0.4 is 10.5 Å². The van der Waals surface area contributed by atoms with Gasteiger partial charge in [0.1, 0.15) is 0 Å². The van der Waals surface area contributed by atoms with E-state index in [1.165, 1.54) is 0 Å². The van der Waals surface area contributed by atoms with Crippen LogP contribution in [0.25, 0.3) is 6.08 Å². The summed E-state index contributed by atoms with van der Waals surface area (Å²) in [5.74, 6) is 0.581. The van der Waals surface area contributed by atoms with Crippen LogP contribution in [0.5, 0.6) is 5.88 Å². The Kier molecular flexibility index (Phi) is 4.42. The number of aromatic nitrogens is 1. The topological polar surface area (TPSA) is 66.6 Å². The van der Waals surface area contributed by atoms with Crippen LogP contribution in [0, 0.1) is 0 Å². The number of nitrogens with zero attached hydrogens (tertiary/aromatic N) is 1. The molecule has 1 aliphatic heterocycles. The first kappa shape index (κ1) is 16.0. The summed E-state index contributed by atoms with van der Waals surface area (Å²) in [7, 11) is 1.16. The first-order valence-electron chi connectivity index (χ1n) is 7.05. The van der Waals surface area contributed by atoms with Crippen molar-refractivity contribution in [2.45, 2.75) is 38.9 Å². The van der Waals surface area contributed by atoms with Crippen LogP contribution in [0.15, 0.2) is 23.8 Å². The summed E-state index contributed by atoms with van der Waals surface area (Å²) in [5.41, 5.74) is 6.94. The maximum Gasteiger partial charge on any atom is 0.491 e.